The average Bonchev–Trinajstić information content (AvgIpc) is 2.78. The Kier molecular flexibility index (Phi) is 2.76. The molecule has 3 rings (SSSR count). The first-order chi connectivity index (χ1) is 9.25. The van der Waals surface area contributed by atoms with Crippen LogP contribution >= 0.6 is 11.3 Å². The van der Waals surface area contributed by atoms with Gasteiger partial charge < -0.3 is 11.1 Å². The fourth-order valence-corrected chi connectivity index (χ4v) is 2.48. The maximum atomic E-state index is 12.1. The molecule has 0 saturated heterocycles. The number of carbonyl (C=O) groups excluding carboxylic acids is 1. The quantitative estimate of drug-likeness (QED) is 0.728. The Bertz CT molecular complexity index is 741. The molecule has 7 nitrogen and oxygen atoms in total. The third kappa shape index (κ3) is 2.08. The third-order valence-electron chi connectivity index (χ3n) is 2.39. The number of thiophene rings is 1. The molecule has 0 fully saturated rings. The number of nitrogens with two attached hydrogens (primary N) is 1. The first-order valence-electron chi connectivity index (χ1n) is 5.31. The molecule has 94 valence electrons. The van der Waals surface area contributed by atoms with Gasteiger partial charge in [-0.1, -0.05) is 0 Å². The highest BCUT2D eigenvalue weighted by atomic mass is 32.1. The summed E-state index contributed by atoms with van der Waals surface area (Å²) in [6, 6.07) is 0. The number of anilines is 2. The van der Waals surface area contributed by atoms with Gasteiger partial charge in [-0.05, 0) is 0 Å². The number of rotatable bonds is 2. The lowest BCUT2D eigenvalue weighted by Crippen LogP contribution is -2.12. The predicted octanol–water partition coefficient (Wildman–Crippen LogP) is 1.32. The lowest BCUT2D eigenvalue weighted by atomic mass is 10.3. The van der Waals surface area contributed by atoms with E-state index < -0.39 is 0 Å². The molecule has 8 heteroatoms. The minimum absolute atomic E-state index is 0.322. The molecular weight excluding hydrogens is 264 g/mol. The molecule has 0 aliphatic rings. The highest BCUT2D eigenvalue weighted by Crippen LogP contribution is 2.30. The van der Waals surface area contributed by atoms with Crippen LogP contribution < -0.4 is 11.1 Å². The number of nitrogens with one attached hydrogen (secondary N) is 1. The molecule has 19 heavy (non-hydrogen) atoms. The minimum Gasteiger partial charge on any atom is -0.396 e. The van der Waals surface area contributed by atoms with Gasteiger partial charge in [0.2, 0.25) is 0 Å². The van der Waals surface area contributed by atoms with Crippen molar-refractivity contribution in [2.45, 2.75) is 0 Å². The molecule has 0 aliphatic carbocycles. The molecule has 0 bridgehead atoms. The number of hydrogen-bond acceptors (Lipinski definition) is 7. The molecule has 3 N–H and O–H groups in total. The Morgan fingerprint density at radius 1 is 1.21 bits per heavy atom. The van der Waals surface area contributed by atoms with E-state index in [0.717, 1.165) is 0 Å². The molecule has 0 spiro atoms. The van der Waals surface area contributed by atoms with Gasteiger partial charge >= 0.3 is 0 Å². The largest absolute Gasteiger partial charge is 0.396 e. The lowest BCUT2D eigenvalue weighted by Gasteiger charge is -2.02. The van der Waals surface area contributed by atoms with Crippen LogP contribution in [-0.2, 0) is 0 Å². The maximum absolute atomic E-state index is 12.1. The van der Waals surface area contributed by atoms with Crippen LogP contribution in [-0.4, -0.2) is 25.8 Å². The van der Waals surface area contributed by atoms with Crippen molar-refractivity contribution < 1.29 is 4.79 Å². The fourth-order valence-electron chi connectivity index (χ4n) is 1.56. The highest BCUT2D eigenvalue weighted by Gasteiger charge is 2.17. The van der Waals surface area contributed by atoms with Gasteiger partial charge in [-0.3, -0.25) is 4.79 Å². The molecule has 0 radical (unpaired) electrons. The van der Waals surface area contributed by atoms with Crippen LogP contribution in [0.5, 0.6) is 0 Å². The average molecular weight is 272 g/mol. The van der Waals surface area contributed by atoms with E-state index in [1.165, 1.54) is 36.3 Å². The SMILES string of the molecule is Nc1c(C(=O)Nc2cncnc2)sc2nccnc12. The number of amides is 1. The third-order valence-corrected chi connectivity index (χ3v) is 3.49. The van der Waals surface area contributed by atoms with Crippen molar-refractivity contribution in [3.8, 4) is 0 Å². The first-order valence-corrected chi connectivity index (χ1v) is 6.12. The van der Waals surface area contributed by atoms with Crippen LogP contribution in [0.4, 0.5) is 11.4 Å². The van der Waals surface area contributed by atoms with Crippen LogP contribution in [0.25, 0.3) is 10.3 Å². The fraction of sp³-hybridized carbons (Fsp3) is 0. The topological polar surface area (TPSA) is 107 Å². The molecule has 0 aliphatic heterocycles. The number of carbonyl (C=O) groups is 1. The van der Waals surface area contributed by atoms with E-state index in [9.17, 15) is 4.79 Å². The van der Waals surface area contributed by atoms with Crippen LogP contribution in [0.3, 0.4) is 0 Å². The predicted molar refractivity (Wildman–Crippen MR) is 71.8 cm³/mol. The summed E-state index contributed by atoms with van der Waals surface area (Å²) < 4.78 is 0. The summed E-state index contributed by atoms with van der Waals surface area (Å²) in [5, 5.41) is 2.67. The standard InChI is InChI=1S/C11H8N6OS/c12-7-8-11(16-2-1-15-8)19-9(7)10(18)17-6-3-13-5-14-4-6/h1-5H,12H2,(H,17,18). The van der Waals surface area contributed by atoms with Crippen LogP contribution in [0.1, 0.15) is 9.67 Å². The van der Waals surface area contributed by atoms with E-state index in [0.29, 0.717) is 26.6 Å². The van der Waals surface area contributed by atoms with Gasteiger partial charge in [0.1, 0.15) is 21.6 Å². The highest BCUT2D eigenvalue weighted by molar-refractivity contribution is 7.21. The molecule has 3 aromatic heterocycles. The van der Waals surface area contributed by atoms with Crippen LogP contribution in [0, 0.1) is 0 Å². The van der Waals surface area contributed by atoms with Crippen LogP contribution in [0.15, 0.2) is 31.1 Å². The Balaban J connectivity index is 1.96. The van der Waals surface area contributed by atoms with Crippen molar-refractivity contribution >= 4 is 39.0 Å². The second-order valence-electron chi connectivity index (χ2n) is 3.64. The zero-order valence-electron chi connectivity index (χ0n) is 9.57. The lowest BCUT2D eigenvalue weighted by molar-refractivity contribution is 0.103. The summed E-state index contributed by atoms with van der Waals surface area (Å²) in [5.74, 6) is -0.322. The van der Waals surface area contributed by atoms with Crippen LogP contribution in [0.2, 0.25) is 0 Å². The molecule has 0 saturated carbocycles. The smallest absolute Gasteiger partial charge is 0.268 e. The van der Waals surface area contributed by atoms with Crippen molar-refractivity contribution in [3.05, 3.63) is 36.0 Å². The van der Waals surface area contributed by atoms with Gasteiger partial charge in [-0.2, -0.15) is 0 Å². The molecule has 1 amide bonds. The minimum atomic E-state index is -0.322. The number of nitrogen functional groups attached to an aromatic ring is 1. The number of nitrogens with zero attached hydrogens (tertiary/aromatic N) is 4. The van der Waals surface area contributed by atoms with E-state index in [1.54, 1.807) is 6.20 Å². The second kappa shape index (κ2) is 4.58. The molecule has 0 aromatic carbocycles. The van der Waals surface area contributed by atoms with Crippen molar-refractivity contribution in [2.24, 2.45) is 0 Å². The Morgan fingerprint density at radius 3 is 2.68 bits per heavy atom. The first kappa shape index (κ1) is 11.5. The number of fused-ring (bicyclic) bond motifs is 1. The Hall–Kier alpha value is -2.61. The summed E-state index contributed by atoms with van der Waals surface area (Å²) in [4.78, 5) is 29.0. The van der Waals surface area contributed by atoms with Gasteiger partial charge in [0.05, 0.1) is 23.8 Å². The Labute approximate surface area is 111 Å². The maximum Gasteiger partial charge on any atom is 0.268 e. The summed E-state index contributed by atoms with van der Waals surface area (Å²) in [5.41, 5.74) is 7.29. The van der Waals surface area contributed by atoms with Crippen molar-refractivity contribution in [1.82, 2.24) is 19.9 Å². The monoisotopic (exact) mass is 272 g/mol. The second-order valence-corrected chi connectivity index (χ2v) is 4.64. The van der Waals surface area contributed by atoms with Gasteiger partial charge in [-0.25, -0.2) is 19.9 Å². The van der Waals surface area contributed by atoms with E-state index in [2.05, 4.69) is 25.3 Å². The van der Waals surface area contributed by atoms with Crippen molar-refractivity contribution in [3.63, 3.8) is 0 Å². The molecule has 3 heterocycles. The molecule has 3 aromatic rings. The van der Waals surface area contributed by atoms with E-state index in [4.69, 9.17) is 5.73 Å². The number of aromatic nitrogens is 4. The molecule has 0 atom stereocenters. The summed E-state index contributed by atoms with van der Waals surface area (Å²) in [6.45, 7) is 0. The summed E-state index contributed by atoms with van der Waals surface area (Å²) >= 11 is 1.20. The van der Waals surface area contributed by atoms with E-state index >= 15 is 0 Å². The van der Waals surface area contributed by atoms with E-state index in [-0.39, 0.29) is 5.91 Å². The Morgan fingerprint density at radius 2 is 1.95 bits per heavy atom. The van der Waals surface area contributed by atoms with Crippen molar-refractivity contribution in [1.29, 1.82) is 0 Å². The summed E-state index contributed by atoms with van der Waals surface area (Å²) in [6.07, 6.45) is 7.50. The van der Waals surface area contributed by atoms with Gasteiger partial charge in [0.15, 0.2) is 0 Å². The number of hydrogen-bond donors (Lipinski definition) is 2. The van der Waals surface area contributed by atoms with Gasteiger partial charge in [-0.15, -0.1) is 11.3 Å². The van der Waals surface area contributed by atoms with Gasteiger partial charge in [0.25, 0.3) is 5.91 Å². The normalized spacial score (nSPS) is 10.5. The zero-order valence-corrected chi connectivity index (χ0v) is 10.4. The van der Waals surface area contributed by atoms with Crippen molar-refractivity contribution in [2.75, 3.05) is 11.1 Å². The van der Waals surface area contributed by atoms with Gasteiger partial charge in [0, 0.05) is 12.4 Å². The molecular formula is C11H8N6OS. The zero-order chi connectivity index (χ0) is 13.2. The molecule has 0 unspecified atom stereocenters. The van der Waals surface area contributed by atoms with E-state index in [1.807, 2.05) is 0 Å². The summed E-state index contributed by atoms with van der Waals surface area (Å²) in [7, 11) is 0.